The number of benzene rings is 1. The number of fused-ring (bicyclic) bond motifs is 1. The van der Waals surface area contributed by atoms with Crippen LogP contribution < -0.4 is 10.2 Å². The molecule has 2 aromatic rings. The lowest BCUT2D eigenvalue weighted by molar-refractivity contribution is -0.120. The molecule has 2 fully saturated rings. The third kappa shape index (κ3) is 4.24. The molecule has 4 rings (SSSR count). The van der Waals surface area contributed by atoms with Crippen LogP contribution in [0.1, 0.15) is 46.1 Å². The molecule has 9 nitrogen and oxygen atoms in total. The van der Waals surface area contributed by atoms with Gasteiger partial charge in [0, 0.05) is 43.3 Å². The van der Waals surface area contributed by atoms with Crippen molar-refractivity contribution in [2.45, 2.75) is 51.7 Å². The van der Waals surface area contributed by atoms with E-state index in [1.54, 1.807) is 9.80 Å². The van der Waals surface area contributed by atoms with Crippen molar-refractivity contribution < 1.29 is 19.1 Å². The predicted molar refractivity (Wildman–Crippen MR) is 111 cm³/mol. The summed E-state index contributed by atoms with van der Waals surface area (Å²) in [7, 11) is 0. The van der Waals surface area contributed by atoms with Crippen molar-refractivity contribution in [2.75, 3.05) is 24.5 Å². The Labute approximate surface area is 174 Å². The van der Waals surface area contributed by atoms with Gasteiger partial charge < -0.3 is 9.64 Å². The molecule has 1 aromatic heterocycles. The van der Waals surface area contributed by atoms with Crippen molar-refractivity contribution in [1.82, 2.24) is 20.0 Å². The van der Waals surface area contributed by atoms with Crippen LogP contribution in [-0.2, 0) is 9.53 Å². The largest absolute Gasteiger partial charge is 0.444 e. The van der Waals surface area contributed by atoms with Gasteiger partial charge in [-0.25, -0.2) is 9.59 Å². The first-order valence-electron chi connectivity index (χ1n) is 10.3. The van der Waals surface area contributed by atoms with E-state index in [9.17, 15) is 14.4 Å². The van der Waals surface area contributed by atoms with Crippen molar-refractivity contribution in [3.05, 3.63) is 24.4 Å². The van der Waals surface area contributed by atoms with Crippen LogP contribution in [0, 0.1) is 0 Å². The first kappa shape index (κ1) is 20.2. The average molecular weight is 413 g/mol. The van der Waals surface area contributed by atoms with Crippen LogP contribution in [-0.4, -0.2) is 57.9 Å². The fourth-order valence-corrected chi connectivity index (χ4v) is 3.83. The van der Waals surface area contributed by atoms with E-state index in [-0.39, 0.29) is 24.5 Å². The topological polar surface area (TPSA) is 96.8 Å². The number of carbonyl (C=O) groups excluding carboxylic acids is 3. The summed E-state index contributed by atoms with van der Waals surface area (Å²) < 4.78 is 7.42. The number of carbonyl (C=O) groups is 3. The summed E-state index contributed by atoms with van der Waals surface area (Å²) in [5.74, 6) is -0.251. The predicted octanol–water partition coefficient (Wildman–Crippen LogP) is 3.05. The highest BCUT2D eigenvalue weighted by Gasteiger charge is 2.28. The van der Waals surface area contributed by atoms with E-state index in [1.165, 1.54) is 0 Å². The van der Waals surface area contributed by atoms with Crippen LogP contribution in [0.25, 0.3) is 10.9 Å². The molecular weight excluding hydrogens is 386 g/mol. The molecule has 160 valence electrons. The first-order chi connectivity index (χ1) is 14.2. The number of imide groups is 1. The third-order valence-corrected chi connectivity index (χ3v) is 5.36. The number of piperidine rings is 1. The highest BCUT2D eigenvalue weighted by Crippen LogP contribution is 2.28. The molecule has 0 aliphatic carbocycles. The molecule has 0 unspecified atom stereocenters. The third-order valence-electron chi connectivity index (χ3n) is 5.36. The van der Waals surface area contributed by atoms with E-state index in [0.717, 1.165) is 29.4 Å². The van der Waals surface area contributed by atoms with Gasteiger partial charge in [0.15, 0.2) is 0 Å². The number of nitrogens with zero attached hydrogens (tertiary/aromatic N) is 4. The quantitative estimate of drug-likeness (QED) is 0.816. The zero-order valence-electron chi connectivity index (χ0n) is 17.6. The fraction of sp³-hybridized carbons (Fsp3) is 0.524. The normalized spacial score (nSPS) is 18.6. The molecule has 0 spiro atoms. The summed E-state index contributed by atoms with van der Waals surface area (Å²) in [5, 5.41) is 8.05. The highest BCUT2D eigenvalue weighted by molar-refractivity contribution is 6.06. The maximum atomic E-state index is 12.3. The Morgan fingerprint density at radius 3 is 2.57 bits per heavy atom. The summed E-state index contributed by atoms with van der Waals surface area (Å²) >= 11 is 0. The smallest absolute Gasteiger partial charge is 0.410 e. The highest BCUT2D eigenvalue weighted by atomic mass is 16.6. The molecule has 0 bridgehead atoms. The molecule has 2 aliphatic rings. The van der Waals surface area contributed by atoms with Crippen LogP contribution in [0.3, 0.4) is 0 Å². The number of amides is 4. The van der Waals surface area contributed by atoms with Gasteiger partial charge in [-0.3, -0.25) is 19.7 Å². The second kappa shape index (κ2) is 7.62. The van der Waals surface area contributed by atoms with Crippen LogP contribution in [0.2, 0.25) is 0 Å². The Morgan fingerprint density at radius 1 is 1.17 bits per heavy atom. The minimum absolute atomic E-state index is 0.204. The van der Waals surface area contributed by atoms with Crippen molar-refractivity contribution in [1.29, 1.82) is 0 Å². The Kier molecular flexibility index (Phi) is 5.13. The molecular formula is C21H27N5O4. The second-order valence-corrected chi connectivity index (χ2v) is 8.81. The summed E-state index contributed by atoms with van der Waals surface area (Å²) in [4.78, 5) is 39.0. The molecule has 4 amide bonds. The average Bonchev–Trinajstić information content (AvgIpc) is 3.10. The van der Waals surface area contributed by atoms with Crippen LogP contribution >= 0.6 is 0 Å². The number of hydrogen-bond donors (Lipinski definition) is 1. The maximum Gasteiger partial charge on any atom is 0.410 e. The zero-order valence-corrected chi connectivity index (χ0v) is 17.6. The minimum Gasteiger partial charge on any atom is -0.444 e. The first-order valence-corrected chi connectivity index (χ1v) is 10.3. The van der Waals surface area contributed by atoms with E-state index < -0.39 is 11.6 Å². The van der Waals surface area contributed by atoms with Crippen molar-refractivity contribution in [3.63, 3.8) is 0 Å². The number of nitrogens with one attached hydrogen (secondary N) is 1. The number of rotatable bonds is 2. The number of urea groups is 1. The van der Waals surface area contributed by atoms with Crippen LogP contribution in [0.5, 0.6) is 0 Å². The Bertz CT molecular complexity index is 985. The summed E-state index contributed by atoms with van der Waals surface area (Å²) in [5.41, 5.74) is 1.02. The Balaban J connectivity index is 1.44. The van der Waals surface area contributed by atoms with Gasteiger partial charge in [-0.15, -0.1) is 0 Å². The van der Waals surface area contributed by atoms with Gasteiger partial charge in [-0.1, -0.05) is 0 Å². The zero-order chi connectivity index (χ0) is 21.5. The molecule has 9 heteroatoms. The molecule has 0 saturated carbocycles. The van der Waals surface area contributed by atoms with E-state index in [0.29, 0.717) is 19.6 Å². The fourth-order valence-electron chi connectivity index (χ4n) is 3.83. The molecule has 2 aliphatic heterocycles. The van der Waals surface area contributed by atoms with Gasteiger partial charge in [0.25, 0.3) is 0 Å². The van der Waals surface area contributed by atoms with Crippen molar-refractivity contribution in [2.24, 2.45) is 0 Å². The van der Waals surface area contributed by atoms with Gasteiger partial charge in [0.05, 0.1) is 11.6 Å². The van der Waals surface area contributed by atoms with Crippen LogP contribution in [0.15, 0.2) is 24.4 Å². The van der Waals surface area contributed by atoms with E-state index >= 15 is 0 Å². The molecule has 0 radical (unpaired) electrons. The van der Waals surface area contributed by atoms with E-state index in [1.807, 2.05) is 49.8 Å². The molecule has 1 aromatic carbocycles. The summed E-state index contributed by atoms with van der Waals surface area (Å²) in [6.45, 7) is 7.22. The van der Waals surface area contributed by atoms with Gasteiger partial charge >= 0.3 is 12.1 Å². The monoisotopic (exact) mass is 413 g/mol. The van der Waals surface area contributed by atoms with Gasteiger partial charge in [0.1, 0.15) is 5.60 Å². The van der Waals surface area contributed by atoms with E-state index in [4.69, 9.17) is 9.84 Å². The minimum atomic E-state index is -0.496. The Hall–Kier alpha value is -3.10. The number of ether oxygens (including phenoxy) is 1. The lowest BCUT2D eigenvalue weighted by Crippen LogP contribution is -2.49. The molecule has 2 saturated heterocycles. The maximum absolute atomic E-state index is 12.3. The van der Waals surface area contributed by atoms with Gasteiger partial charge in [-0.05, 0) is 51.8 Å². The van der Waals surface area contributed by atoms with Crippen LogP contribution in [0.4, 0.5) is 15.3 Å². The SMILES string of the molecule is CC(C)(C)OC(=O)N1CCC(n2cc3ccc(N4CCC(=O)NC4=O)cc3n2)CC1. The summed E-state index contributed by atoms with van der Waals surface area (Å²) in [6, 6.07) is 5.48. The number of aromatic nitrogens is 2. The van der Waals surface area contributed by atoms with Gasteiger partial charge in [-0.2, -0.15) is 5.10 Å². The lowest BCUT2D eigenvalue weighted by Gasteiger charge is -2.33. The van der Waals surface area contributed by atoms with Crippen molar-refractivity contribution >= 4 is 34.6 Å². The number of hydrogen-bond acceptors (Lipinski definition) is 5. The lowest BCUT2D eigenvalue weighted by atomic mass is 10.1. The molecule has 1 N–H and O–H groups in total. The van der Waals surface area contributed by atoms with E-state index in [2.05, 4.69) is 5.32 Å². The summed E-state index contributed by atoms with van der Waals surface area (Å²) in [6.07, 6.45) is 3.63. The number of anilines is 1. The standard InChI is InChI=1S/C21H27N5O4/c1-21(2,3)30-20(29)24-9-6-15(7-10-24)26-13-14-4-5-16(12-17(14)23-26)25-11-8-18(27)22-19(25)28/h4-5,12-13,15H,6-11H2,1-3H3,(H,22,27,28). The van der Waals surface area contributed by atoms with Gasteiger partial charge in [0.2, 0.25) is 5.91 Å². The molecule has 30 heavy (non-hydrogen) atoms. The molecule has 3 heterocycles. The van der Waals surface area contributed by atoms with Crippen molar-refractivity contribution in [3.8, 4) is 0 Å². The molecule has 0 atom stereocenters. The second-order valence-electron chi connectivity index (χ2n) is 8.81. The number of likely N-dealkylation sites (tertiary alicyclic amines) is 1. The Morgan fingerprint density at radius 2 is 1.90 bits per heavy atom.